The van der Waals surface area contributed by atoms with Gasteiger partial charge in [0.1, 0.15) is 5.75 Å². The van der Waals surface area contributed by atoms with Crippen LogP contribution in [0.1, 0.15) is 5.56 Å². The second-order valence-corrected chi connectivity index (χ2v) is 3.26. The van der Waals surface area contributed by atoms with Gasteiger partial charge >= 0.3 is 0 Å². The van der Waals surface area contributed by atoms with Crippen LogP contribution < -0.4 is 3.53 Å². The minimum atomic E-state index is 0.201. The minimum absolute atomic E-state index is 0.201. The third kappa shape index (κ3) is 2.50. The van der Waals surface area contributed by atoms with E-state index in [-0.39, 0.29) is 5.75 Å². The van der Waals surface area contributed by atoms with E-state index in [0.717, 1.165) is 5.56 Å². The molecule has 0 heterocycles. The highest BCUT2D eigenvalue weighted by Gasteiger charge is 1.99. The van der Waals surface area contributed by atoms with Gasteiger partial charge in [0.2, 0.25) is 0 Å². The first kappa shape index (κ1) is 9.09. The van der Waals surface area contributed by atoms with E-state index >= 15 is 0 Å². The number of hydrogen-bond donors (Lipinski definition) is 2. The average Bonchev–Trinajstić information content (AvgIpc) is 1.95. The Morgan fingerprint density at radius 2 is 2.27 bits per heavy atom. The van der Waals surface area contributed by atoms with Crippen molar-refractivity contribution in [2.75, 3.05) is 0 Å². The molecule has 1 rings (SSSR count). The summed E-state index contributed by atoms with van der Waals surface area (Å²) in [6.07, 6.45) is 0. The highest BCUT2D eigenvalue weighted by Crippen LogP contribution is 2.21. The molecule has 0 saturated carbocycles. The molecule has 0 atom stereocenters. The van der Waals surface area contributed by atoms with Crippen LogP contribution in [-0.2, 0) is 6.54 Å². The summed E-state index contributed by atoms with van der Waals surface area (Å²) in [6.45, 7) is 0.708. The predicted octanol–water partition coefficient (Wildman–Crippen LogP) is 2.49. The van der Waals surface area contributed by atoms with Gasteiger partial charge in [-0.2, -0.15) is 0 Å². The lowest BCUT2D eigenvalue weighted by Gasteiger charge is -2.01. The Bertz CT molecular complexity index is 254. The van der Waals surface area contributed by atoms with Crippen LogP contribution in [0.3, 0.4) is 0 Å². The Labute approximate surface area is 84.1 Å². The molecule has 60 valence electrons. The van der Waals surface area contributed by atoms with Gasteiger partial charge in [-0.25, -0.2) is 0 Å². The van der Waals surface area contributed by atoms with E-state index in [1.54, 1.807) is 12.1 Å². The van der Waals surface area contributed by atoms with E-state index in [4.69, 9.17) is 16.7 Å². The molecule has 0 aliphatic rings. The summed E-state index contributed by atoms with van der Waals surface area (Å²) in [5, 5.41) is 9.59. The van der Waals surface area contributed by atoms with Crippen molar-refractivity contribution in [2.45, 2.75) is 6.54 Å². The lowest BCUT2D eigenvalue weighted by Crippen LogP contribution is -1.97. The number of phenolic OH excluding ortho intramolecular Hbond substituents is 1. The molecular weight excluding hydrogens is 276 g/mol. The SMILES string of the molecule is Oc1ccc(CNI)c(Cl)c1. The number of halogens is 2. The van der Waals surface area contributed by atoms with Crippen molar-refractivity contribution >= 4 is 34.5 Å². The zero-order valence-electron chi connectivity index (χ0n) is 5.64. The van der Waals surface area contributed by atoms with Crippen molar-refractivity contribution in [3.05, 3.63) is 28.8 Å². The lowest BCUT2D eigenvalue weighted by molar-refractivity contribution is 0.475. The molecule has 4 heteroatoms. The number of hydrogen-bond acceptors (Lipinski definition) is 2. The molecule has 1 aromatic carbocycles. The Balaban J connectivity index is 2.90. The van der Waals surface area contributed by atoms with Gasteiger partial charge in [0.15, 0.2) is 0 Å². The van der Waals surface area contributed by atoms with Crippen molar-refractivity contribution < 1.29 is 5.11 Å². The Morgan fingerprint density at radius 3 is 2.82 bits per heavy atom. The number of phenols is 1. The Hall–Kier alpha value is -0.000000000000000167. The average molecular weight is 283 g/mol. The van der Waals surface area contributed by atoms with E-state index in [2.05, 4.69) is 3.53 Å². The van der Waals surface area contributed by atoms with Crippen LogP contribution in [0.2, 0.25) is 5.02 Å². The van der Waals surface area contributed by atoms with Crippen molar-refractivity contribution in [3.8, 4) is 5.75 Å². The molecule has 0 unspecified atom stereocenters. The molecule has 2 N–H and O–H groups in total. The molecule has 0 amide bonds. The molecule has 0 spiro atoms. The summed E-state index contributed by atoms with van der Waals surface area (Å²) in [7, 11) is 0. The largest absolute Gasteiger partial charge is 0.508 e. The molecular formula is C7H7ClINO. The van der Waals surface area contributed by atoms with Gasteiger partial charge in [-0.1, -0.05) is 17.7 Å². The normalized spacial score (nSPS) is 10.0. The van der Waals surface area contributed by atoms with Crippen LogP contribution in [0.5, 0.6) is 5.75 Å². The maximum atomic E-state index is 9.00. The van der Waals surface area contributed by atoms with Crippen LogP contribution in [0.4, 0.5) is 0 Å². The Kier molecular flexibility index (Phi) is 3.42. The van der Waals surface area contributed by atoms with Crippen LogP contribution in [0.25, 0.3) is 0 Å². The number of nitrogens with one attached hydrogen (secondary N) is 1. The van der Waals surface area contributed by atoms with Gasteiger partial charge in [-0.05, 0) is 17.7 Å². The van der Waals surface area contributed by atoms with Crippen LogP contribution in [-0.4, -0.2) is 5.11 Å². The van der Waals surface area contributed by atoms with Gasteiger partial charge in [0.05, 0.1) is 0 Å². The van der Waals surface area contributed by atoms with Crippen molar-refractivity contribution in [1.29, 1.82) is 0 Å². The van der Waals surface area contributed by atoms with Gasteiger partial charge in [-0.15, -0.1) is 0 Å². The molecule has 11 heavy (non-hydrogen) atoms. The van der Waals surface area contributed by atoms with Crippen molar-refractivity contribution in [1.82, 2.24) is 3.53 Å². The summed E-state index contributed by atoms with van der Waals surface area (Å²) in [4.78, 5) is 0. The molecule has 2 nitrogen and oxygen atoms in total. The fraction of sp³-hybridized carbons (Fsp3) is 0.143. The number of rotatable bonds is 2. The number of benzene rings is 1. The molecule has 0 radical (unpaired) electrons. The van der Waals surface area contributed by atoms with Crippen molar-refractivity contribution in [3.63, 3.8) is 0 Å². The zero-order chi connectivity index (χ0) is 8.27. The third-order valence-corrected chi connectivity index (χ3v) is 2.03. The molecule has 1 aromatic rings. The van der Waals surface area contributed by atoms with Gasteiger partial charge in [0, 0.05) is 34.4 Å². The fourth-order valence-electron chi connectivity index (χ4n) is 0.752. The standard InChI is InChI=1S/C7H7ClINO/c8-7-3-6(11)2-1-5(7)4-10-9/h1-3,10-11H,4H2. The molecule has 0 saturated heterocycles. The summed E-state index contributed by atoms with van der Waals surface area (Å²) in [6, 6.07) is 4.95. The number of aromatic hydroxyl groups is 1. The Morgan fingerprint density at radius 1 is 1.55 bits per heavy atom. The minimum Gasteiger partial charge on any atom is -0.508 e. The molecule has 0 aromatic heterocycles. The van der Waals surface area contributed by atoms with E-state index in [1.807, 2.05) is 22.9 Å². The van der Waals surface area contributed by atoms with E-state index in [0.29, 0.717) is 11.6 Å². The molecule has 0 fully saturated rings. The first-order valence-corrected chi connectivity index (χ1v) is 4.50. The van der Waals surface area contributed by atoms with E-state index < -0.39 is 0 Å². The summed E-state index contributed by atoms with van der Waals surface area (Å²) in [5.41, 5.74) is 0.985. The smallest absolute Gasteiger partial charge is 0.117 e. The van der Waals surface area contributed by atoms with Crippen LogP contribution >= 0.6 is 34.5 Å². The summed E-state index contributed by atoms with van der Waals surface area (Å²) >= 11 is 7.85. The van der Waals surface area contributed by atoms with Crippen LogP contribution in [0, 0.1) is 0 Å². The quantitative estimate of drug-likeness (QED) is 0.645. The van der Waals surface area contributed by atoms with Gasteiger partial charge < -0.3 is 5.11 Å². The predicted molar refractivity (Wildman–Crippen MR) is 54.0 cm³/mol. The highest BCUT2D eigenvalue weighted by atomic mass is 127. The molecule has 0 bridgehead atoms. The maximum Gasteiger partial charge on any atom is 0.117 e. The lowest BCUT2D eigenvalue weighted by atomic mass is 10.2. The second kappa shape index (κ2) is 4.13. The maximum absolute atomic E-state index is 9.00. The van der Waals surface area contributed by atoms with E-state index in [9.17, 15) is 0 Å². The first-order valence-electron chi connectivity index (χ1n) is 3.05. The summed E-state index contributed by atoms with van der Waals surface area (Å²) in [5.74, 6) is 0.201. The third-order valence-electron chi connectivity index (χ3n) is 1.29. The topological polar surface area (TPSA) is 32.3 Å². The summed E-state index contributed by atoms with van der Waals surface area (Å²) < 4.78 is 2.95. The second-order valence-electron chi connectivity index (χ2n) is 2.09. The highest BCUT2D eigenvalue weighted by molar-refractivity contribution is 14.1. The first-order chi connectivity index (χ1) is 5.24. The van der Waals surface area contributed by atoms with Gasteiger partial charge in [-0.3, -0.25) is 3.53 Å². The fourth-order valence-corrected chi connectivity index (χ4v) is 1.40. The molecule has 0 aliphatic heterocycles. The van der Waals surface area contributed by atoms with Crippen LogP contribution in [0.15, 0.2) is 18.2 Å². The van der Waals surface area contributed by atoms with Gasteiger partial charge in [0.25, 0.3) is 0 Å². The monoisotopic (exact) mass is 283 g/mol. The van der Waals surface area contributed by atoms with E-state index in [1.165, 1.54) is 6.07 Å². The van der Waals surface area contributed by atoms with Crippen molar-refractivity contribution in [2.24, 2.45) is 0 Å². The molecule has 0 aliphatic carbocycles. The zero-order valence-corrected chi connectivity index (χ0v) is 8.56.